The van der Waals surface area contributed by atoms with Gasteiger partial charge in [0.2, 0.25) is 0 Å². The van der Waals surface area contributed by atoms with E-state index in [1.54, 1.807) is 22.9 Å². The first-order chi connectivity index (χ1) is 15.3. The number of rotatable bonds is 5. The summed E-state index contributed by atoms with van der Waals surface area (Å²) < 4.78 is 58.0. The van der Waals surface area contributed by atoms with E-state index in [4.69, 9.17) is 31.0 Å². The van der Waals surface area contributed by atoms with Gasteiger partial charge < -0.3 is 24.3 Å². The van der Waals surface area contributed by atoms with Crippen LogP contribution in [0.15, 0.2) is 36.7 Å². The van der Waals surface area contributed by atoms with E-state index in [1.165, 1.54) is 25.3 Å². The Balaban J connectivity index is 0.000000479. The highest BCUT2D eigenvalue weighted by Gasteiger charge is 2.38. The fraction of sp³-hybridized carbons (Fsp3) is 0.250. The minimum atomic E-state index is -5.08. The molecule has 3 aromatic rings. The molecule has 1 amide bonds. The van der Waals surface area contributed by atoms with Crippen LogP contribution in [-0.4, -0.2) is 45.8 Å². The number of pyridine rings is 1. The molecule has 13 heteroatoms. The van der Waals surface area contributed by atoms with E-state index in [-0.39, 0.29) is 17.4 Å². The van der Waals surface area contributed by atoms with Crippen LogP contribution < -0.4 is 14.8 Å². The van der Waals surface area contributed by atoms with Gasteiger partial charge in [0, 0.05) is 18.5 Å². The molecule has 0 bridgehead atoms. The van der Waals surface area contributed by atoms with Crippen LogP contribution in [0.2, 0.25) is 5.15 Å². The van der Waals surface area contributed by atoms with Crippen LogP contribution in [0.25, 0.3) is 5.65 Å². The molecule has 2 heterocycles. The van der Waals surface area contributed by atoms with Crippen molar-refractivity contribution in [3.05, 3.63) is 53.2 Å². The normalized spacial score (nSPS) is 11.1. The number of anilines is 1. The number of carbonyl (C=O) groups excluding carboxylic acids is 1. The molecule has 3 rings (SSSR count). The second kappa shape index (κ2) is 10.4. The Hall–Kier alpha value is -3.54. The van der Waals surface area contributed by atoms with Gasteiger partial charge in [-0.15, -0.1) is 0 Å². The van der Waals surface area contributed by atoms with E-state index >= 15 is 0 Å². The van der Waals surface area contributed by atoms with Gasteiger partial charge in [0.05, 0.1) is 18.8 Å². The summed E-state index contributed by atoms with van der Waals surface area (Å²) in [4.78, 5) is 25.7. The van der Waals surface area contributed by atoms with Crippen molar-refractivity contribution in [2.24, 2.45) is 0 Å². The molecule has 0 unspecified atom stereocenters. The molecule has 8 nitrogen and oxygen atoms in total. The lowest BCUT2D eigenvalue weighted by Gasteiger charge is -2.16. The highest BCUT2D eigenvalue weighted by Crippen LogP contribution is 2.30. The van der Waals surface area contributed by atoms with Crippen molar-refractivity contribution in [1.82, 2.24) is 9.38 Å². The van der Waals surface area contributed by atoms with E-state index in [2.05, 4.69) is 10.3 Å². The van der Waals surface area contributed by atoms with Gasteiger partial charge >= 0.3 is 12.1 Å². The number of carboxylic acid groups (broad SMARTS) is 1. The predicted molar refractivity (Wildman–Crippen MR) is 111 cm³/mol. The zero-order chi connectivity index (χ0) is 24.9. The molecule has 33 heavy (non-hydrogen) atoms. The number of nitrogens with zero attached hydrogens (tertiary/aromatic N) is 2. The number of fused-ring (bicyclic) bond motifs is 1. The maximum Gasteiger partial charge on any atom is 0.490 e. The monoisotopic (exact) mass is 491 g/mol. The Bertz CT molecular complexity index is 1160. The first-order valence-electron chi connectivity index (χ1n) is 9.12. The van der Waals surface area contributed by atoms with E-state index in [0.717, 1.165) is 0 Å². The Morgan fingerprint density at radius 3 is 2.42 bits per heavy atom. The maximum atomic E-state index is 13.9. The molecule has 2 N–H and O–H groups in total. The molecule has 0 saturated carbocycles. The number of carboxylic acids is 1. The van der Waals surface area contributed by atoms with Crippen LogP contribution in [0.1, 0.15) is 24.2 Å². The van der Waals surface area contributed by atoms with Crippen molar-refractivity contribution in [3.63, 3.8) is 0 Å². The number of nitrogens with one attached hydrogen (secondary N) is 1. The molecule has 0 aliphatic heterocycles. The third-order valence-corrected chi connectivity index (χ3v) is 3.98. The van der Waals surface area contributed by atoms with Gasteiger partial charge in [-0.25, -0.2) is 14.2 Å². The second-order valence-electron chi connectivity index (χ2n) is 6.62. The number of aromatic nitrogens is 2. The minimum Gasteiger partial charge on any atom is -0.493 e. The zero-order valence-corrected chi connectivity index (χ0v) is 18.2. The van der Waals surface area contributed by atoms with Gasteiger partial charge in [0.25, 0.3) is 5.91 Å². The van der Waals surface area contributed by atoms with Crippen molar-refractivity contribution in [1.29, 1.82) is 0 Å². The number of para-hydroxylation sites is 1. The summed E-state index contributed by atoms with van der Waals surface area (Å²) in [7, 11) is 1.31. The zero-order valence-electron chi connectivity index (χ0n) is 17.4. The standard InChI is InChI=1S/C18H17ClFN3O3.C2HF3O2/c1-10(2)26-14-7-16-22-15(19)9-23(16)8-13(14)21-18(24)11-5-4-6-12(20)17(11)25-3;3-2(4,5)1(6)7/h4-10H,1-3H3,(H,21,24);(H,6,7). The third-order valence-electron chi connectivity index (χ3n) is 3.79. The maximum absolute atomic E-state index is 13.9. The van der Waals surface area contributed by atoms with Crippen LogP contribution in [0, 0.1) is 5.82 Å². The van der Waals surface area contributed by atoms with Gasteiger partial charge in [0.15, 0.2) is 11.6 Å². The molecule has 0 aliphatic rings. The molecule has 0 atom stereocenters. The van der Waals surface area contributed by atoms with E-state index in [9.17, 15) is 22.4 Å². The first kappa shape index (κ1) is 25.7. The van der Waals surface area contributed by atoms with Crippen molar-refractivity contribution >= 4 is 34.8 Å². The average Bonchev–Trinajstić information content (AvgIpc) is 3.06. The molecule has 0 saturated heterocycles. The number of benzene rings is 1. The quantitative estimate of drug-likeness (QED) is 0.497. The number of ether oxygens (including phenoxy) is 2. The van der Waals surface area contributed by atoms with Gasteiger partial charge in [-0.3, -0.25) is 4.79 Å². The number of amides is 1. The van der Waals surface area contributed by atoms with E-state index in [1.807, 2.05) is 13.8 Å². The van der Waals surface area contributed by atoms with Crippen LogP contribution in [0.3, 0.4) is 0 Å². The third kappa shape index (κ3) is 6.72. The Kier molecular flexibility index (Phi) is 8.09. The number of carbonyl (C=O) groups is 2. The number of halogens is 5. The van der Waals surface area contributed by atoms with Gasteiger partial charge in [0.1, 0.15) is 22.2 Å². The van der Waals surface area contributed by atoms with Crippen molar-refractivity contribution in [2.75, 3.05) is 12.4 Å². The van der Waals surface area contributed by atoms with E-state index < -0.39 is 23.9 Å². The van der Waals surface area contributed by atoms with Crippen molar-refractivity contribution in [3.8, 4) is 11.5 Å². The number of hydrogen-bond acceptors (Lipinski definition) is 5. The topological polar surface area (TPSA) is 102 Å². The lowest BCUT2D eigenvalue weighted by atomic mass is 10.1. The molecule has 178 valence electrons. The number of imidazole rings is 1. The molecule has 0 aliphatic carbocycles. The molecule has 0 spiro atoms. The lowest BCUT2D eigenvalue weighted by Crippen LogP contribution is -2.21. The number of alkyl halides is 3. The summed E-state index contributed by atoms with van der Waals surface area (Å²) in [5, 5.41) is 10.2. The minimum absolute atomic E-state index is 0.0757. The highest BCUT2D eigenvalue weighted by molar-refractivity contribution is 6.29. The number of methoxy groups -OCH3 is 1. The summed E-state index contributed by atoms with van der Waals surface area (Å²) in [5.74, 6) is -3.59. The number of hydrogen-bond donors (Lipinski definition) is 2. The van der Waals surface area contributed by atoms with Crippen LogP contribution >= 0.6 is 11.6 Å². The summed E-state index contributed by atoms with van der Waals surface area (Å²) >= 11 is 5.93. The fourth-order valence-corrected chi connectivity index (χ4v) is 2.71. The van der Waals surface area contributed by atoms with Crippen LogP contribution in [0.5, 0.6) is 11.5 Å². The SMILES string of the molecule is COc1c(F)cccc1C(=O)Nc1cn2cc(Cl)nc2cc1OC(C)C.O=C(O)C(F)(F)F. The largest absolute Gasteiger partial charge is 0.493 e. The van der Waals surface area contributed by atoms with Crippen LogP contribution in [0.4, 0.5) is 23.2 Å². The Labute approximate surface area is 189 Å². The molecule has 0 radical (unpaired) electrons. The first-order valence-corrected chi connectivity index (χ1v) is 9.50. The summed E-state index contributed by atoms with van der Waals surface area (Å²) in [6, 6.07) is 5.82. The fourth-order valence-electron chi connectivity index (χ4n) is 2.51. The van der Waals surface area contributed by atoms with Crippen molar-refractivity contribution in [2.45, 2.75) is 26.1 Å². The summed E-state index contributed by atoms with van der Waals surface area (Å²) in [6.07, 6.45) is -1.97. The highest BCUT2D eigenvalue weighted by atomic mass is 35.5. The van der Waals surface area contributed by atoms with E-state index in [0.29, 0.717) is 22.2 Å². The van der Waals surface area contributed by atoms with Gasteiger partial charge in [-0.05, 0) is 26.0 Å². The van der Waals surface area contributed by atoms with Gasteiger partial charge in [-0.2, -0.15) is 13.2 Å². The summed E-state index contributed by atoms with van der Waals surface area (Å²) in [6.45, 7) is 3.73. The van der Waals surface area contributed by atoms with Crippen LogP contribution in [-0.2, 0) is 4.79 Å². The smallest absolute Gasteiger partial charge is 0.490 e. The molecule has 2 aromatic heterocycles. The Morgan fingerprint density at radius 2 is 1.88 bits per heavy atom. The Morgan fingerprint density at radius 1 is 1.24 bits per heavy atom. The lowest BCUT2D eigenvalue weighted by molar-refractivity contribution is -0.192. The molecule has 1 aromatic carbocycles. The molecular formula is C20H18ClF4N3O5. The number of aliphatic carboxylic acids is 1. The predicted octanol–water partition coefficient (Wildman–Crippen LogP) is 4.81. The summed E-state index contributed by atoms with van der Waals surface area (Å²) in [5.41, 5.74) is 1.05. The second-order valence-corrected chi connectivity index (χ2v) is 7.01. The molecule has 0 fully saturated rings. The van der Waals surface area contributed by atoms with Crippen molar-refractivity contribution < 1.29 is 41.7 Å². The average molecular weight is 492 g/mol. The van der Waals surface area contributed by atoms with Gasteiger partial charge in [-0.1, -0.05) is 17.7 Å². The molecular weight excluding hydrogens is 474 g/mol.